The molecule has 2 amide bonds. The molecule has 0 bridgehead atoms. The average molecular weight is 443 g/mol. The van der Waals surface area contributed by atoms with Crippen molar-refractivity contribution in [2.45, 2.75) is 38.3 Å². The highest BCUT2D eigenvalue weighted by Gasteiger charge is 2.30. The number of likely N-dealkylation sites (tertiary alicyclic amines) is 1. The molecule has 0 radical (unpaired) electrons. The van der Waals surface area contributed by atoms with E-state index in [-0.39, 0.29) is 34.1 Å². The molecule has 1 atom stereocenters. The molecule has 2 aromatic heterocycles. The highest BCUT2D eigenvalue weighted by Crippen LogP contribution is 2.29. The molecule has 0 unspecified atom stereocenters. The fourth-order valence-corrected chi connectivity index (χ4v) is 4.60. The summed E-state index contributed by atoms with van der Waals surface area (Å²) < 4.78 is 27.6. The Balaban J connectivity index is 1.62. The number of nitriles is 1. The van der Waals surface area contributed by atoms with Crippen molar-refractivity contribution in [3.8, 4) is 6.07 Å². The van der Waals surface area contributed by atoms with Crippen LogP contribution in [0.1, 0.15) is 40.2 Å². The summed E-state index contributed by atoms with van der Waals surface area (Å²) in [4.78, 5) is 31.2. The second-order valence-electron chi connectivity index (χ2n) is 7.21. The van der Waals surface area contributed by atoms with Gasteiger partial charge in [0.15, 0.2) is 0 Å². The third kappa shape index (κ3) is 4.27. The number of para-hydroxylation sites is 2. The number of hydrogen-bond acceptors (Lipinski definition) is 5. The molecule has 1 saturated heterocycles. The average Bonchev–Trinajstić information content (AvgIpc) is 3.48. The minimum Gasteiger partial charge on any atom is -0.337 e. The van der Waals surface area contributed by atoms with Gasteiger partial charge >= 0.3 is 0 Å². The van der Waals surface area contributed by atoms with Crippen LogP contribution in [0.2, 0.25) is 0 Å². The number of nitrogens with zero attached hydrogens (tertiary/aromatic N) is 4. The smallest absolute Gasteiger partial charge is 0.272 e. The number of carbonyl (C=O) groups excluding carboxylic acids is 2. The third-order valence-electron chi connectivity index (χ3n) is 5.27. The van der Waals surface area contributed by atoms with Gasteiger partial charge in [0, 0.05) is 19.1 Å². The van der Waals surface area contributed by atoms with E-state index in [0.717, 1.165) is 29.7 Å². The van der Waals surface area contributed by atoms with Crippen molar-refractivity contribution >= 4 is 40.1 Å². The lowest BCUT2D eigenvalue weighted by Crippen LogP contribution is -2.38. The molecule has 1 N–H and O–H groups in total. The zero-order valence-electron chi connectivity index (χ0n) is 16.4. The molecule has 3 aromatic rings. The molecule has 1 fully saturated rings. The van der Waals surface area contributed by atoms with E-state index in [9.17, 15) is 18.4 Å². The number of thiophene rings is 1. The number of imidazole rings is 1. The third-order valence-corrected chi connectivity index (χ3v) is 6.36. The van der Waals surface area contributed by atoms with Gasteiger partial charge in [-0.2, -0.15) is 5.26 Å². The minimum atomic E-state index is -2.63. The SMILES string of the molecule is N#CCC(=O)N1CCC[C@H]1Cn1c(NC(=O)c2ccc(C(F)F)s2)nc2ccccc21. The van der Waals surface area contributed by atoms with Crippen molar-refractivity contribution < 1.29 is 18.4 Å². The normalized spacial score (nSPS) is 16.1. The maximum absolute atomic E-state index is 12.9. The molecule has 1 aliphatic rings. The molecule has 0 saturated carbocycles. The van der Waals surface area contributed by atoms with Gasteiger partial charge in [0.1, 0.15) is 6.42 Å². The molecule has 0 aliphatic carbocycles. The van der Waals surface area contributed by atoms with E-state index in [4.69, 9.17) is 5.26 Å². The Hall–Kier alpha value is -3.32. The lowest BCUT2D eigenvalue weighted by Gasteiger charge is -2.25. The fraction of sp³-hybridized carbons (Fsp3) is 0.333. The number of fused-ring (bicyclic) bond motifs is 1. The van der Waals surface area contributed by atoms with Gasteiger partial charge in [-0.15, -0.1) is 11.3 Å². The Kier molecular flexibility index (Phi) is 5.95. The van der Waals surface area contributed by atoms with E-state index in [1.54, 1.807) is 4.90 Å². The lowest BCUT2D eigenvalue weighted by molar-refractivity contribution is -0.131. The number of nitrogens with one attached hydrogen (secondary N) is 1. The first-order valence-corrected chi connectivity index (χ1v) is 10.6. The van der Waals surface area contributed by atoms with E-state index < -0.39 is 12.3 Å². The second kappa shape index (κ2) is 8.81. The number of aromatic nitrogens is 2. The van der Waals surface area contributed by atoms with E-state index in [0.29, 0.717) is 18.6 Å². The molecular formula is C21H19F2N5O2S. The predicted molar refractivity (Wildman–Crippen MR) is 112 cm³/mol. The van der Waals surface area contributed by atoms with Crippen molar-refractivity contribution in [2.24, 2.45) is 0 Å². The van der Waals surface area contributed by atoms with E-state index in [1.165, 1.54) is 12.1 Å². The molecule has 0 spiro atoms. The quantitative estimate of drug-likeness (QED) is 0.618. The van der Waals surface area contributed by atoms with Crippen molar-refractivity contribution in [1.29, 1.82) is 5.26 Å². The highest BCUT2D eigenvalue weighted by atomic mass is 32.1. The molecular weight excluding hydrogens is 424 g/mol. The molecule has 7 nitrogen and oxygen atoms in total. The zero-order valence-corrected chi connectivity index (χ0v) is 17.2. The molecule has 4 rings (SSSR count). The largest absolute Gasteiger partial charge is 0.337 e. The summed E-state index contributed by atoms with van der Waals surface area (Å²) in [5, 5.41) is 11.6. The summed E-state index contributed by atoms with van der Waals surface area (Å²) in [7, 11) is 0. The summed E-state index contributed by atoms with van der Waals surface area (Å²) in [6.07, 6.45) is -1.19. The van der Waals surface area contributed by atoms with Gasteiger partial charge in [-0.1, -0.05) is 12.1 Å². The number of carbonyl (C=O) groups is 2. The van der Waals surface area contributed by atoms with Crippen LogP contribution in [-0.2, 0) is 11.3 Å². The summed E-state index contributed by atoms with van der Waals surface area (Å²) in [5.41, 5.74) is 1.46. The molecule has 1 aromatic carbocycles. The van der Waals surface area contributed by atoms with E-state index >= 15 is 0 Å². The Morgan fingerprint density at radius 2 is 2.10 bits per heavy atom. The maximum Gasteiger partial charge on any atom is 0.272 e. The monoisotopic (exact) mass is 443 g/mol. The van der Waals surface area contributed by atoms with Crippen LogP contribution in [0.5, 0.6) is 0 Å². The Morgan fingerprint density at radius 1 is 1.29 bits per heavy atom. The van der Waals surface area contributed by atoms with Crippen molar-refractivity contribution in [1.82, 2.24) is 14.5 Å². The van der Waals surface area contributed by atoms with E-state index in [2.05, 4.69) is 10.3 Å². The molecule has 1 aliphatic heterocycles. The topological polar surface area (TPSA) is 91.0 Å². The summed E-state index contributed by atoms with van der Waals surface area (Å²) in [5.74, 6) is -0.437. The number of anilines is 1. The Labute approximate surface area is 180 Å². The van der Waals surface area contributed by atoms with Crippen molar-refractivity contribution in [2.75, 3.05) is 11.9 Å². The van der Waals surface area contributed by atoms with Gasteiger partial charge in [-0.05, 0) is 37.1 Å². The zero-order chi connectivity index (χ0) is 22.0. The molecule has 3 heterocycles. The second-order valence-corrected chi connectivity index (χ2v) is 8.32. The maximum atomic E-state index is 12.9. The lowest BCUT2D eigenvalue weighted by atomic mass is 10.2. The standard InChI is InChI=1S/C21H19F2N5O2S/c22-19(23)16-7-8-17(31-16)20(30)26-21-25-14-5-1-2-6-15(14)28(21)12-13-4-3-11-27(13)18(29)9-10-24/h1-2,5-8,13,19H,3-4,9,11-12H2,(H,25,26,30)/t13-/m0/s1. The molecule has 10 heteroatoms. The van der Waals surface area contributed by atoms with Crippen LogP contribution in [0, 0.1) is 11.3 Å². The Morgan fingerprint density at radius 3 is 2.84 bits per heavy atom. The van der Waals surface area contributed by atoms with Crippen LogP contribution in [-0.4, -0.2) is 38.9 Å². The van der Waals surface area contributed by atoms with Gasteiger partial charge in [0.2, 0.25) is 11.9 Å². The first-order chi connectivity index (χ1) is 15.0. The van der Waals surface area contributed by atoms with Crippen molar-refractivity contribution in [3.63, 3.8) is 0 Å². The Bertz CT molecular complexity index is 1170. The molecule has 31 heavy (non-hydrogen) atoms. The number of amides is 2. The highest BCUT2D eigenvalue weighted by molar-refractivity contribution is 7.14. The van der Waals surface area contributed by atoms with Crippen LogP contribution in [0.4, 0.5) is 14.7 Å². The number of hydrogen-bond donors (Lipinski definition) is 1. The first kappa shape index (κ1) is 20.9. The number of benzene rings is 1. The van der Waals surface area contributed by atoms with Gasteiger partial charge in [-0.25, -0.2) is 13.8 Å². The number of halogens is 2. The summed E-state index contributed by atoms with van der Waals surface area (Å²) in [6, 6.07) is 11.8. The van der Waals surface area contributed by atoms with Crippen LogP contribution in [0.25, 0.3) is 11.0 Å². The van der Waals surface area contributed by atoms with Gasteiger partial charge in [0.25, 0.3) is 12.3 Å². The van der Waals surface area contributed by atoms with Gasteiger partial charge in [0.05, 0.1) is 26.9 Å². The minimum absolute atomic E-state index is 0.124. The fourth-order valence-electron chi connectivity index (χ4n) is 3.84. The van der Waals surface area contributed by atoms with Crippen LogP contribution >= 0.6 is 11.3 Å². The number of alkyl halides is 2. The summed E-state index contributed by atoms with van der Waals surface area (Å²) in [6.45, 7) is 0.991. The van der Waals surface area contributed by atoms with Crippen LogP contribution in [0.3, 0.4) is 0 Å². The number of rotatable bonds is 6. The van der Waals surface area contributed by atoms with Crippen LogP contribution in [0.15, 0.2) is 36.4 Å². The van der Waals surface area contributed by atoms with Crippen LogP contribution < -0.4 is 5.32 Å². The summed E-state index contributed by atoms with van der Waals surface area (Å²) >= 11 is 0.741. The van der Waals surface area contributed by atoms with Crippen molar-refractivity contribution in [3.05, 3.63) is 46.2 Å². The van der Waals surface area contributed by atoms with Gasteiger partial charge < -0.3 is 9.47 Å². The molecule has 160 valence electrons. The van der Waals surface area contributed by atoms with Gasteiger partial charge in [-0.3, -0.25) is 14.9 Å². The van der Waals surface area contributed by atoms with E-state index in [1.807, 2.05) is 34.9 Å². The predicted octanol–water partition coefficient (Wildman–Crippen LogP) is 4.19. The first-order valence-electron chi connectivity index (χ1n) is 9.79.